The van der Waals surface area contributed by atoms with Gasteiger partial charge in [-0.1, -0.05) is 0 Å². The molecule has 2 aromatic rings. The summed E-state index contributed by atoms with van der Waals surface area (Å²) >= 11 is 0. The van der Waals surface area contributed by atoms with Crippen LogP contribution in [0.25, 0.3) is 0 Å². The van der Waals surface area contributed by atoms with Crippen LogP contribution in [0.3, 0.4) is 0 Å². The third kappa shape index (κ3) is 8.12. The summed E-state index contributed by atoms with van der Waals surface area (Å²) in [7, 11) is 0. The van der Waals surface area contributed by atoms with Crippen molar-refractivity contribution in [2.75, 3.05) is 26.4 Å². The predicted molar refractivity (Wildman–Crippen MR) is 136 cm³/mol. The Morgan fingerprint density at radius 2 is 0.971 bits per heavy atom. The molecule has 2 aromatic carbocycles. The van der Waals surface area contributed by atoms with Crippen LogP contribution in [0, 0.1) is 0 Å². The molecule has 0 bridgehead atoms. The average Bonchev–Trinajstić information content (AvgIpc) is 2.82. The average molecular weight is 469 g/mol. The zero-order chi connectivity index (χ0) is 24.8. The second-order valence-corrected chi connectivity index (χ2v) is 6.60. The normalized spacial score (nSPS) is 12.4. The SMILES string of the molecule is CCOc1ccc(/C=N/N=C(N)C(N)=N/N=C/c2ccc(OCC)c(OCC)c2)cc1OCC. The molecule has 0 atom stereocenters. The molecule has 10 heteroatoms. The lowest BCUT2D eigenvalue weighted by Crippen LogP contribution is -2.30. The number of rotatable bonds is 12. The molecule has 0 saturated carbocycles. The Hall–Kier alpha value is -4.08. The highest BCUT2D eigenvalue weighted by atomic mass is 16.5. The summed E-state index contributed by atoms with van der Waals surface area (Å²) in [6.45, 7) is 9.75. The van der Waals surface area contributed by atoms with Crippen molar-refractivity contribution in [3.8, 4) is 23.0 Å². The second-order valence-electron chi connectivity index (χ2n) is 6.60. The summed E-state index contributed by atoms with van der Waals surface area (Å²) in [6.07, 6.45) is 3.05. The Labute approximate surface area is 200 Å². The maximum atomic E-state index is 5.84. The molecule has 4 N–H and O–H groups in total. The van der Waals surface area contributed by atoms with E-state index in [-0.39, 0.29) is 11.7 Å². The monoisotopic (exact) mass is 468 g/mol. The van der Waals surface area contributed by atoms with E-state index in [2.05, 4.69) is 20.4 Å². The zero-order valence-electron chi connectivity index (χ0n) is 20.0. The fourth-order valence-corrected chi connectivity index (χ4v) is 2.71. The number of ether oxygens (including phenoxy) is 4. The number of amidine groups is 2. The van der Waals surface area contributed by atoms with Crippen LogP contribution in [-0.2, 0) is 0 Å². The van der Waals surface area contributed by atoms with Crippen LogP contribution < -0.4 is 30.4 Å². The second kappa shape index (κ2) is 14.1. The minimum absolute atomic E-state index is 0.0638. The molecule has 0 fully saturated rings. The van der Waals surface area contributed by atoms with Crippen LogP contribution >= 0.6 is 0 Å². The predicted octanol–water partition coefficient (Wildman–Crippen LogP) is 3.36. The van der Waals surface area contributed by atoms with Gasteiger partial charge in [-0.3, -0.25) is 0 Å². The van der Waals surface area contributed by atoms with Crippen molar-refractivity contribution in [1.82, 2.24) is 0 Å². The van der Waals surface area contributed by atoms with Gasteiger partial charge in [-0.2, -0.15) is 10.2 Å². The minimum atomic E-state index is -0.0638. The van der Waals surface area contributed by atoms with Crippen molar-refractivity contribution in [3.05, 3.63) is 47.5 Å². The summed E-state index contributed by atoms with van der Waals surface area (Å²) in [5, 5.41) is 15.7. The lowest BCUT2D eigenvalue weighted by molar-refractivity contribution is 0.288. The lowest BCUT2D eigenvalue weighted by atomic mass is 10.2. The first-order valence-corrected chi connectivity index (χ1v) is 11.0. The summed E-state index contributed by atoms with van der Waals surface area (Å²) in [5.41, 5.74) is 13.2. The number of hydrogen-bond donors (Lipinski definition) is 2. The highest BCUT2D eigenvalue weighted by Gasteiger charge is 2.06. The number of hydrogen-bond acceptors (Lipinski definition) is 8. The van der Waals surface area contributed by atoms with Crippen LogP contribution in [-0.4, -0.2) is 50.5 Å². The zero-order valence-corrected chi connectivity index (χ0v) is 20.0. The van der Waals surface area contributed by atoms with Crippen molar-refractivity contribution in [2.24, 2.45) is 31.9 Å². The van der Waals surface area contributed by atoms with Crippen molar-refractivity contribution in [3.63, 3.8) is 0 Å². The number of benzene rings is 2. The maximum absolute atomic E-state index is 5.84. The minimum Gasteiger partial charge on any atom is -0.490 e. The molecule has 0 heterocycles. The smallest absolute Gasteiger partial charge is 0.190 e. The highest BCUT2D eigenvalue weighted by Crippen LogP contribution is 2.28. The fourth-order valence-electron chi connectivity index (χ4n) is 2.71. The molecule has 0 saturated heterocycles. The van der Waals surface area contributed by atoms with E-state index >= 15 is 0 Å². The van der Waals surface area contributed by atoms with Gasteiger partial charge in [-0.25, -0.2) is 0 Å². The van der Waals surface area contributed by atoms with Crippen LogP contribution in [0.2, 0.25) is 0 Å². The van der Waals surface area contributed by atoms with Crippen LogP contribution in [0.1, 0.15) is 38.8 Å². The van der Waals surface area contributed by atoms with Crippen molar-refractivity contribution in [1.29, 1.82) is 0 Å². The summed E-state index contributed by atoms with van der Waals surface area (Å²) < 4.78 is 22.3. The quantitative estimate of drug-likeness (QED) is 0.278. The third-order valence-corrected chi connectivity index (χ3v) is 4.14. The van der Waals surface area contributed by atoms with Crippen molar-refractivity contribution >= 4 is 24.1 Å². The van der Waals surface area contributed by atoms with Gasteiger partial charge in [-0.05, 0) is 75.2 Å². The van der Waals surface area contributed by atoms with E-state index in [0.717, 1.165) is 11.1 Å². The Kier molecular flexibility index (Phi) is 10.9. The molecule has 0 aliphatic rings. The molecule has 0 spiro atoms. The van der Waals surface area contributed by atoms with Gasteiger partial charge in [0.25, 0.3) is 0 Å². The molecule has 0 aliphatic carbocycles. The van der Waals surface area contributed by atoms with Gasteiger partial charge in [0.15, 0.2) is 34.7 Å². The van der Waals surface area contributed by atoms with Gasteiger partial charge in [0.2, 0.25) is 0 Å². The van der Waals surface area contributed by atoms with E-state index < -0.39 is 0 Å². The van der Waals surface area contributed by atoms with Gasteiger partial charge in [0.1, 0.15) is 0 Å². The third-order valence-electron chi connectivity index (χ3n) is 4.14. The molecule has 10 nitrogen and oxygen atoms in total. The van der Waals surface area contributed by atoms with E-state index in [1.54, 1.807) is 12.1 Å². The number of nitrogens with two attached hydrogens (primary N) is 2. The first-order valence-electron chi connectivity index (χ1n) is 11.0. The van der Waals surface area contributed by atoms with Crippen LogP contribution in [0.4, 0.5) is 0 Å². The van der Waals surface area contributed by atoms with Gasteiger partial charge in [-0.15, -0.1) is 10.2 Å². The van der Waals surface area contributed by atoms with E-state index in [1.807, 2.05) is 52.0 Å². The largest absolute Gasteiger partial charge is 0.490 e. The molecule has 0 amide bonds. The van der Waals surface area contributed by atoms with Gasteiger partial charge >= 0.3 is 0 Å². The maximum Gasteiger partial charge on any atom is 0.190 e. The topological polar surface area (TPSA) is 138 Å². The standard InChI is InChI=1S/C24H32N6O4/c1-5-31-19-11-9-17(13-21(19)33-7-3)15-27-29-23(25)24(26)30-28-16-18-10-12-20(32-6-2)22(14-18)34-8-4/h9-16H,5-8H2,1-4H3,(H2,25,29)(H2,26,30)/b27-15+,28-16+. The molecule has 182 valence electrons. The Bertz CT molecular complexity index is 966. The molecule has 2 rings (SSSR count). The van der Waals surface area contributed by atoms with Crippen molar-refractivity contribution in [2.45, 2.75) is 27.7 Å². The molecule has 0 radical (unpaired) electrons. The molecule has 0 aliphatic heterocycles. The van der Waals surface area contributed by atoms with Crippen LogP contribution in [0.5, 0.6) is 23.0 Å². The van der Waals surface area contributed by atoms with E-state index in [4.69, 9.17) is 30.4 Å². The van der Waals surface area contributed by atoms with Gasteiger partial charge < -0.3 is 30.4 Å². The van der Waals surface area contributed by atoms with E-state index in [9.17, 15) is 0 Å². The van der Waals surface area contributed by atoms with E-state index in [0.29, 0.717) is 49.4 Å². The van der Waals surface area contributed by atoms with Gasteiger partial charge in [0.05, 0.1) is 38.9 Å². The first-order chi connectivity index (χ1) is 16.5. The number of nitrogens with zero attached hydrogens (tertiary/aromatic N) is 4. The van der Waals surface area contributed by atoms with E-state index in [1.165, 1.54) is 12.4 Å². The summed E-state index contributed by atoms with van der Waals surface area (Å²) in [4.78, 5) is 0. The molecule has 0 aromatic heterocycles. The highest BCUT2D eigenvalue weighted by molar-refractivity contribution is 6.39. The molecular formula is C24H32N6O4. The first kappa shape index (κ1) is 26.2. The molecular weight excluding hydrogens is 436 g/mol. The fraction of sp³-hybridized carbons (Fsp3) is 0.333. The van der Waals surface area contributed by atoms with Crippen LogP contribution in [0.15, 0.2) is 56.8 Å². The Morgan fingerprint density at radius 1 is 0.618 bits per heavy atom. The summed E-state index contributed by atoms with van der Waals surface area (Å²) in [5.74, 6) is 2.46. The Balaban J connectivity index is 2.07. The van der Waals surface area contributed by atoms with Gasteiger partial charge in [0, 0.05) is 0 Å². The lowest BCUT2D eigenvalue weighted by Gasteiger charge is -2.10. The van der Waals surface area contributed by atoms with Crippen molar-refractivity contribution < 1.29 is 18.9 Å². The molecule has 34 heavy (non-hydrogen) atoms. The molecule has 0 unspecified atom stereocenters. The Morgan fingerprint density at radius 3 is 1.32 bits per heavy atom. The summed E-state index contributed by atoms with van der Waals surface area (Å²) in [6, 6.07) is 10.9.